The number of benzene rings is 1. The Hall–Kier alpha value is -2.97. The number of rotatable bonds is 8. The van der Waals surface area contributed by atoms with E-state index in [9.17, 15) is 24.5 Å². The molecular formula is C19H24N2O7. The number of amides is 1. The number of carbonyl (C=O) groups is 3. The molecule has 0 aliphatic heterocycles. The van der Waals surface area contributed by atoms with E-state index in [1.54, 1.807) is 19.1 Å². The third-order valence-corrected chi connectivity index (χ3v) is 4.92. The summed E-state index contributed by atoms with van der Waals surface area (Å²) in [6.45, 7) is 2.74. The van der Waals surface area contributed by atoms with Gasteiger partial charge < -0.3 is 14.8 Å². The van der Waals surface area contributed by atoms with Crippen LogP contribution < -0.4 is 10.1 Å². The first kappa shape index (κ1) is 21.3. The van der Waals surface area contributed by atoms with Gasteiger partial charge in [-0.15, -0.1) is 0 Å². The SMILES string of the molecule is COc1ccc(C)cc1NC(=O)COC(=O)C[C@@H]1C(=O)C[C@@H](C)[C@@H]1C[N+](=O)[O-]. The number of nitrogens with one attached hydrogen (secondary N) is 1. The Bertz CT molecular complexity index is 778. The van der Waals surface area contributed by atoms with Gasteiger partial charge in [-0.2, -0.15) is 0 Å². The zero-order valence-electron chi connectivity index (χ0n) is 16.1. The van der Waals surface area contributed by atoms with Crippen LogP contribution in [0.4, 0.5) is 5.69 Å². The van der Waals surface area contributed by atoms with Crippen LogP contribution in [-0.4, -0.2) is 42.8 Å². The van der Waals surface area contributed by atoms with Crippen LogP contribution >= 0.6 is 0 Å². The molecule has 28 heavy (non-hydrogen) atoms. The molecule has 0 bridgehead atoms. The predicted octanol–water partition coefficient (Wildman–Crippen LogP) is 1.99. The fourth-order valence-corrected chi connectivity index (χ4v) is 3.49. The lowest BCUT2D eigenvalue weighted by Gasteiger charge is -2.17. The van der Waals surface area contributed by atoms with Gasteiger partial charge >= 0.3 is 5.97 Å². The van der Waals surface area contributed by atoms with Gasteiger partial charge in [0.1, 0.15) is 11.5 Å². The third kappa shape index (κ3) is 5.51. The predicted molar refractivity (Wildman–Crippen MR) is 99.6 cm³/mol. The minimum Gasteiger partial charge on any atom is -0.495 e. The van der Waals surface area contributed by atoms with Crippen molar-refractivity contribution in [3.8, 4) is 5.75 Å². The largest absolute Gasteiger partial charge is 0.495 e. The quantitative estimate of drug-likeness (QED) is 0.407. The van der Waals surface area contributed by atoms with Crippen molar-refractivity contribution in [3.05, 3.63) is 33.9 Å². The summed E-state index contributed by atoms with van der Waals surface area (Å²) in [7, 11) is 1.47. The summed E-state index contributed by atoms with van der Waals surface area (Å²) in [6, 6.07) is 5.26. The Morgan fingerprint density at radius 1 is 1.36 bits per heavy atom. The topological polar surface area (TPSA) is 125 Å². The van der Waals surface area contributed by atoms with Crippen LogP contribution in [-0.2, 0) is 19.1 Å². The minimum atomic E-state index is -0.743. The number of ketones is 1. The molecule has 9 nitrogen and oxygen atoms in total. The molecule has 0 spiro atoms. The second-order valence-electron chi connectivity index (χ2n) is 7.05. The van der Waals surface area contributed by atoms with Crippen LogP contribution in [0.2, 0.25) is 0 Å². The maximum Gasteiger partial charge on any atom is 0.307 e. The van der Waals surface area contributed by atoms with Crippen molar-refractivity contribution >= 4 is 23.3 Å². The normalized spacial score (nSPS) is 21.2. The summed E-state index contributed by atoms with van der Waals surface area (Å²) in [4.78, 5) is 46.5. The average molecular weight is 392 g/mol. The van der Waals surface area contributed by atoms with Crippen molar-refractivity contribution in [1.29, 1.82) is 0 Å². The minimum absolute atomic E-state index is 0.159. The van der Waals surface area contributed by atoms with Crippen LogP contribution in [0.25, 0.3) is 0 Å². The van der Waals surface area contributed by atoms with Crippen molar-refractivity contribution in [1.82, 2.24) is 0 Å². The molecule has 1 aliphatic carbocycles. The van der Waals surface area contributed by atoms with Crippen molar-refractivity contribution < 1.29 is 28.8 Å². The van der Waals surface area contributed by atoms with E-state index in [0.29, 0.717) is 11.4 Å². The van der Waals surface area contributed by atoms with Crippen LogP contribution in [0.5, 0.6) is 5.75 Å². The summed E-state index contributed by atoms with van der Waals surface area (Å²) < 4.78 is 10.1. The molecule has 0 radical (unpaired) electrons. The highest BCUT2D eigenvalue weighted by molar-refractivity contribution is 5.94. The van der Waals surface area contributed by atoms with E-state index in [0.717, 1.165) is 5.56 Å². The molecule has 1 saturated carbocycles. The van der Waals surface area contributed by atoms with Crippen LogP contribution in [0, 0.1) is 34.8 Å². The van der Waals surface area contributed by atoms with E-state index in [-0.39, 0.29) is 31.1 Å². The van der Waals surface area contributed by atoms with Gasteiger partial charge in [0.25, 0.3) is 5.91 Å². The summed E-state index contributed by atoms with van der Waals surface area (Å²) in [5, 5.41) is 13.4. The van der Waals surface area contributed by atoms with Crippen LogP contribution in [0.3, 0.4) is 0 Å². The molecule has 3 atom stereocenters. The second kappa shape index (κ2) is 9.29. The number of nitro groups is 1. The summed E-state index contributed by atoms with van der Waals surface area (Å²) >= 11 is 0. The summed E-state index contributed by atoms with van der Waals surface area (Å²) in [5.74, 6) is -2.39. The number of anilines is 1. The zero-order valence-corrected chi connectivity index (χ0v) is 16.1. The van der Waals surface area contributed by atoms with E-state index >= 15 is 0 Å². The molecular weight excluding hydrogens is 368 g/mol. The van der Waals surface area contributed by atoms with Gasteiger partial charge in [0.15, 0.2) is 6.61 Å². The number of Topliss-reactive ketones (excluding diaryl/α,β-unsaturated/α-hetero) is 1. The highest BCUT2D eigenvalue weighted by Gasteiger charge is 2.44. The maximum absolute atomic E-state index is 12.1. The molecule has 1 N–H and O–H groups in total. The first-order valence-electron chi connectivity index (χ1n) is 8.96. The molecule has 9 heteroatoms. The molecule has 1 aliphatic rings. The molecule has 0 unspecified atom stereocenters. The van der Waals surface area contributed by atoms with Gasteiger partial charge in [-0.25, -0.2) is 0 Å². The van der Waals surface area contributed by atoms with E-state index in [2.05, 4.69) is 5.32 Å². The Morgan fingerprint density at radius 3 is 2.71 bits per heavy atom. The highest BCUT2D eigenvalue weighted by atomic mass is 16.6. The Morgan fingerprint density at radius 2 is 2.07 bits per heavy atom. The maximum atomic E-state index is 12.1. The molecule has 1 amide bonds. The summed E-state index contributed by atoms with van der Waals surface area (Å²) in [6.07, 6.45) is -0.0488. The van der Waals surface area contributed by atoms with E-state index in [1.807, 2.05) is 13.0 Å². The van der Waals surface area contributed by atoms with Gasteiger partial charge in [-0.3, -0.25) is 24.5 Å². The molecule has 0 heterocycles. The molecule has 0 aromatic heterocycles. The van der Waals surface area contributed by atoms with Gasteiger partial charge in [0, 0.05) is 23.2 Å². The highest BCUT2D eigenvalue weighted by Crippen LogP contribution is 2.36. The Kier molecular flexibility index (Phi) is 7.08. The fourth-order valence-electron chi connectivity index (χ4n) is 3.49. The van der Waals surface area contributed by atoms with Crippen LogP contribution in [0.1, 0.15) is 25.3 Å². The Labute approximate surface area is 162 Å². The average Bonchev–Trinajstić information content (AvgIpc) is 2.86. The van der Waals surface area contributed by atoms with Crippen molar-refractivity contribution in [2.75, 3.05) is 25.6 Å². The standard InChI is InChI=1S/C19H24N2O7/c1-11-4-5-17(27-3)15(6-11)20-18(23)10-28-19(24)8-13-14(9-21(25)26)12(2)7-16(13)22/h4-6,12-14H,7-10H2,1-3H3,(H,20,23)/t12-,13+,14+/m1/s1. The zero-order chi connectivity index (χ0) is 20.8. The lowest BCUT2D eigenvalue weighted by atomic mass is 9.88. The van der Waals surface area contributed by atoms with E-state index in [4.69, 9.17) is 9.47 Å². The van der Waals surface area contributed by atoms with Crippen LogP contribution in [0.15, 0.2) is 18.2 Å². The smallest absolute Gasteiger partial charge is 0.307 e. The molecule has 1 aromatic carbocycles. The number of esters is 1. The summed E-state index contributed by atoms with van der Waals surface area (Å²) in [5.41, 5.74) is 1.37. The number of ether oxygens (including phenoxy) is 2. The third-order valence-electron chi connectivity index (χ3n) is 4.92. The van der Waals surface area contributed by atoms with Crippen molar-refractivity contribution in [2.45, 2.75) is 26.7 Å². The lowest BCUT2D eigenvalue weighted by molar-refractivity contribution is -0.490. The monoisotopic (exact) mass is 392 g/mol. The van der Waals surface area contributed by atoms with Crippen molar-refractivity contribution in [3.63, 3.8) is 0 Å². The number of hydrogen-bond acceptors (Lipinski definition) is 7. The number of aryl methyl sites for hydroxylation is 1. The van der Waals surface area contributed by atoms with E-state index in [1.165, 1.54) is 7.11 Å². The number of nitrogens with zero attached hydrogens (tertiary/aromatic N) is 1. The van der Waals surface area contributed by atoms with Gasteiger partial charge in [-0.05, 0) is 30.5 Å². The number of methoxy groups -OCH3 is 1. The Balaban J connectivity index is 1.89. The van der Waals surface area contributed by atoms with E-state index < -0.39 is 35.2 Å². The molecule has 152 valence electrons. The van der Waals surface area contributed by atoms with Gasteiger partial charge in [0.2, 0.25) is 6.54 Å². The lowest BCUT2D eigenvalue weighted by Crippen LogP contribution is -2.28. The first-order valence-corrected chi connectivity index (χ1v) is 8.96. The van der Waals surface area contributed by atoms with Crippen molar-refractivity contribution in [2.24, 2.45) is 17.8 Å². The molecule has 2 rings (SSSR count). The molecule has 1 fully saturated rings. The number of hydrogen-bond donors (Lipinski definition) is 1. The second-order valence-corrected chi connectivity index (χ2v) is 7.05. The van der Waals surface area contributed by atoms with Gasteiger partial charge in [0.05, 0.1) is 19.2 Å². The fraction of sp³-hybridized carbons (Fsp3) is 0.526. The molecule has 0 saturated heterocycles. The number of carbonyl (C=O) groups excluding carboxylic acids is 3. The first-order chi connectivity index (χ1) is 13.2. The van der Waals surface area contributed by atoms with Gasteiger partial charge in [-0.1, -0.05) is 13.0 Å². The molecule has 1 aromatic rings.